The number of nitrogens with one attached hydrogen (secondary N) is 2. The fourth-order valence-electron chi connectivity index (χ4n) is 2.17. The molecule has 0 aliphatic carbocycles. The first kappa shape index (κ1) is 19.3. The molecule has 0 aromatic heterocycles. The quantitative estimate of drug-likeness (QED) is 0.748. The number of para-hydroxylation sites is 1. The fourth-order valence-corrected chi connectivity index (χ4v) is 2.17. The summed E-state index contributed by atoms with van der Waals surface area (Å²) in [6, 6.07) is 12.5. The van der Waals surface area contributed by atoms with Crippen LogP contribution in [0.25, 0.3) is 0 Å². The highest BCUT2D eigenvalue weighted by molar-refractivity contribution is 5.97. The summed E-state index contributed by atoms with van der Waals surface area (Å²) in [4.78, 5) is 24.1. The summed E-state index contributed by atoms with van der Waals surface area (Å²) in [7, 11) is 0. The Labute approximate surface area is 153 Å². The normalized spacial score (nSPS) is 10.1. The predicted octanol–water partition coefficient (Wildman–Crippen LogP) is 2.93. The van der Waals surface area contributed by atoms with E-state index in [4.69, 9.17) is 9.47 Å². The number of hydrazine groups is 1. The van der Waals surface area contributed by atoms with E-state index >= 15 is 0 Å². The van der Waals surface area contributed by atoms with E-state index in [-0.39, 0.29) is 6.61 Å². The van der Waals surface area contributed by atoms with E-state index in [1.54, 1.807) is 30.3 Å². The first-order valence-electron chi connectivity index (χ1n) is 8.52. The number of carbonyl (C=O) groups is 2. The zero-order valence-electron chi connectivity index (χ0n) is 15.3. The van der Waals surface area contributed by atoms with Gasteiger partial charge in [-0.25, -0.2) is 0 Å². The van der Waals surface area contributed by atoms with Crippen LogP contribution in [0.1, 0.15) is 34.8 Å². The Kier molecular flexibility index (Phi) is 7.02. The van der Waals surface area contributed by atoms with Crippen LogP contribution >= 0.6 is 0 Å². The van der Waals surface area contributed by atoms with Crippen molar-refractivity contribution in [3.8, 4) is 11.5 Å². The van der Waals surface area contributed by atoms with Crippen molar-refractivity contribution in [3.63, 3.8) is 0 Å². The minimum atomic E-state index is -0.455. The second-order valence-electron chi connectivity index (χ2n) is 5.88. The monoisotopic (exact) mass is 356 g/mol. The third-order valence-electron chi connectivity index (χ3n) is 3.76. The molecule has 2 aromatic carbocycles. The first-order chi connectivity index (χ1) is 12.5. The van der Waals surface area contributed by atoms with Crippen molar-refractivity contribution in [3.05, 3.63) is 59.2 Å². The molecule has 0 saturated carbocycles. The van der Waals surface area contributed by atoms with Crippen molar-refractivity contribution in [2.24, 2.45) is 0 Å². The summed E-state index contributed by atoms with van der Waals surface area (Å²) < 4.78 is 11.0. The lowest BCUT2D eigenvalue weighted by molar-refractivity contribution is -0.123. The molecular weight excluding hydrogens is 332 g/mol. The molecule has 0 aliphatic heterocycles. The number of benzene rings is 2. The fraction of sp³-hybridized carbons (Fsp3) is 0.300. The van der Waals surface area contributed by atoms with Crippen LogP contribution in [-0.4, -0.2) is 25.0 Å². The SMILES string of the molecule is CCCOc1ccccc1C(=O)NNC(=O)COc1ccc(C)c(C)c1. The van der Waals surface area contributed by atoms with Crippen molar-refractivity contribution in [1.82, 2.24) is 10.9 Å². The van der Waals surface area contributed by atoms with Crippen molar-refractivity contribution >= 4 is 11.8 Å². The molecule has 2 N–H and O–H groups in total. The number of carbonyl (C=O) groups excluding carboxylic acids is 2. The smallest absolute Gasteiger partial charge is 0.276 e. The molecule has 6 heteroatoms. The molecule has 0 saturated heterocycles. The van der Waals surface area contributed by atoms with E-state index in [0.29, 0.717) is 23.7 Å². The second-order valence-corrected chi connectivity index (χ2v) is 5.88. The van der Waals surface area contributed by atoms with Gasteiger partial charge in [0.1, 0.15) is 11.5 Å². The average Bonchev–Trinajstić information content (AvgIpc) is 2.65. The van der Waals surface area contributed by atoms with E-state index in [2.05, 4.69) is 10.9 Å². The highest BCUT2D eigenvalue weighted by Gasteiger charge is 2.13. The van der Waals surface area contributed by atoms with Crippen LogP contribution in [-0.2, 0) is 4.79 Å². The summed E-state index contributed by atoms with van der Waals surface area (Å²) >= 11 is 0. The Bertz CT molecular complexity index is 774. The molecule has 0 bridgehead atoms. The summed E-state index contributed by atoms with van der Waals surface area (Å²) in [6.45, 7) is 6.28. The van der Waals surface area contributed by atoms with E-state index < -0.39 is 11.8 Å². The summed E-state index contributed by atoms with van der Waals surface area (Å²) in [6.07, 6.45) is 0.836. The molecule has 0 fully saturated rings. The summed E-state index contributed by atoms with van der Waals surface area (Å²) in [5.74, 6) is 0.181. The van der Waals surface area contributed by atoms with Gasteiger partial charge < -0.3 is 9.47 Å². The molecule has 0 atom stereocenters. The van der Waals surface area contributed by atoms with Crippen molar-refractivity contribution in [2.45, 2.75) is 27.2 Å². The van der Waals surface area contributed by atoms with Gasteiger partial charge in [-0.2, -0.15) is 0 Å². The average molecular weight is 356 g/mol. The lowest BCUT2D eigenvalue weighted by Crippen LogP contribution is -2.43. The minimum Gasteiger partial charge on any atom is -0.493 e. The molecule has 138 valence electrons. The maximum Gasteiger partial charge on any atom is 0.276 e. The highest BCUT2D eigenvalue weighted by atomic mass is 16.5. The van der Waals surface area contributed by atoms with E-state index in [1.807, 2.05) is 32.9 Å². The standard InChI is InChI=1S/C20H24N2O4/c1-4-11-25-18-8-6-5-7-17(18)20(24)22-21-19(23)13-26-16-10-9-14(2)15(3)12-16/h5-10,12H,4,11,13H2,1-3H3,(H,21,23)(H,22,24). The summed E-state index contributed by atoms with van der Waals surface area (Å²) in [5.41, 5.74) is 7.31. The van der Waals surface area contributed by atoms with Crippen LogP contribution < -0.4 is 20.3 Å². The molecule has 2 aromatic rings. The molecule has 0 heterocycles. The third kappa shape index (κ3) is 5.51. The van der Waals surface area contributed by atoms with Gasteiger partial charge in [0, 0.05) is 0 Å². The molecule has 2 rings (SSSR count). The first-order valence-corrected chi connectivity index (χ1v) is 8.52. The van der Waals surface area contributed by atoms with Crippen LogP contribution in [0.15, 0.2) is 42.5 Å². The number of hydrogen-bond donors (Lipinski definition) is 2. The highest BCUT2D eigenvalue weighted by Crippen LogP contribution is 2.18. The Balaban J connectivity index is 1.85. The van der Waals surface area contributed by atoms with Gasteiger partial charge in [-0.1, -0.05) is 25.1 Å². The lowest BCUT2D eigenvalue weighted by atomic mass is 10.1. The summed E-state index contributed by atoms with van der Waals surface area (Å²) in [5, 5.41) is 0. The molecular formula is C20H24N2O4. The van der Waals surface area contributed by atoms with Gasteiger partial charge in [-0.05, 0) is 55.7 Å². The zero-order chi connectivity index (χ0) is 18.9. The van der Waals surface area contributed by atoms with Crippen molar-refractivity contribution in [1.29, 1.82) is 0 Å². The topological polar surface area (TPSA) is 76.7 Å². The number of ether oxygens (including phenoxy) is 2. The van der Waals surface area contributed by atoms with Crippen LogP contribution in [0.4, 0.5) is 0 Å². The van der Waals surface area contributed by atoms with Crippen LogP contribution in [0, 0.1) is 13.8 Å². The van der Waals surface area contributed by atoms with Gasteiger partial charge in [-0.15, -0.1) is 0 Å². The Morgan fingerprint density at radius 1 is 0.962 bits per heavy atom. The van der Waals surface area contributed by atoms with Gasteiger partial charge in [0.25, 0.3) is 11.8 Å². The lowest BCUT2D eigenvalue weighted by Gasteiger charge is -2.12. The largest absolute Gasteiger partial charge is 0.493 e. The van der Waals surface area contributed by atoms with Gasteiger partial charge in [-0.3, -0.25) is 20.4 Å². The van der Waals surface area contributed by atoms with Gasteiger partial charge in [0.2, 0.25) is 0 Å². The third-order valence-corrected chi connectivity index (χ3v) is 3.76. The van der Waals surface area contributed by atoms with E-state index in [9.17, 15) is 9.59 Å². The Morgan fingerprint density at radius 3 is 2.46 bits per heavy atom. The van der Waals surface area contributed by atoms with Crippen molar-refractivity contribution < 1.29 is 19.1 Å². The Hall–Kier alpha value is -3.02. The van der Waals surface area contributed by atoms with E-state index in [0.717, 1.165) is 17.5 Å². The number of amides is 2. The van der Waals surface area contributed by atoms with Crippen LogP contribution in [0.3, 0.4) is 0 Å². The number of rotatable bonds is 7. The predicted molar refractivity (Wildman–Crippen MR) is 99.2 cm³/mol. The van der Waals surface area contributed by atoms with Gasteiger partial charge in [0.15, 0.2) is 6.61 Å². The number of hydrogen-bond acceptors (Lipinski definition) is 4. The maximum atomic E-state index is 12.2. The maximum absolute atomic E-state index is 12.2. The van der Waals surface area contributed by atoms with Crippen molar-refractivity contribution in [2.75, 3.05) is 13.2 Å². The van der Waals surface area contributed by atoms with Crippen LogP contribution in [0.5, 0.6) is 11.5 Å². The molecule has 0 radical (unpaired) electrons. The molecule has 2 amide bonds. The molecule has 0 unspecified atom stereocenters. The molecule has 0 aliphatic rings. The van der Waals surface area contributed by atoms with Gasteiger partial charge >= 0.3 is 0 Å². The number of aryl methyl sites for hydroxylation is 2. The van der Waals surface area contributed by atoms with Gasteiger partial charge in [0.05, 0.1) is 12.2 Å². The van der Waals surface area contributed by atoms with E-state index in [1.165, 1.54) is 0 Å². The molecule has 0 spiro atoms. The second kappa shape index (κ2) is 9.46. The Morgan fingerprint density at radius 2 is 1.73 bits per heavy atom. The molecule has 26 heavy (non-hydrogen) atoms. The van der Waals surface area contributed by atoms with Crippen LogP contribution in [0.2, 0.25) is 0 Å². The minimum absolute atomic E-state index is 0.198. The zero-order valence-corrected chi connectivity index (χ0v) is 15.3. The molecule has 6 nitrogen and oxygen atoms in total.